The highest BCUT2D eigenvalue weighted by Crippen LogP contribution is 2.27. The highest BCUT2D eigenvalue weighted by molar-refractivity contribution is 5.95. The fraction of sp³-hybridized carbons (Fsp3) is 0.533. The molecule has 0 aliphatic rings. The summed E-state index contributed by atoms with van der Waals surface area (Å²) >= 11 is 0. The average molecular weight is 296 g/mol. The Bertz CT molecular complexity index is 491. The number of carbonyl (C=O) groups is 1. The summed E-state index contributed by atoms with van der Waals surface area (Å²) in [5.74, 6) is -1.02. The van der Waals surface area contributed by atoms with Crippen molar-refractivity contribution in [2.45, 2.75) is 19.9 Å². The number of aryl methyl sites for hydroxylation is 1. The molecule has 1 aromatic carbocycles. The van der Waals surface area contributed by atoms with E-state index >= 15 is 0 Å². The van der Waals surface area contributed by atoms with E-state index in [0.29, 0.717) is 25.4 Å². The largest absolute Gasteiger partial charge is 0.478 e. The zero-order chi connectivity index (χ0) is 16.0. The maximum absolute atomic E-state index is 11.3. The Labute approximate surface area is 125 Å². The van der Waals surface area contributed by atoms with Crippen LogP contribution in [-0.2, 0) is 9.47 Å². The van der Waals surface area contributed by atoms with Crippen LogP contribution in [0, 0.1) is 6.92 Å². The number of hydrogen-bond acceptors (Lipinski definition) is 5. The lowest BCUT2D eigenvalue weighted by Crippen LogP contribution is -2.38. The monoisotopic (exact) mass is 296 g/mol. The van der Waals surface area contributed by atoms with Gasteiger partial charge in [0.15, 0.2) is 0 Å². The summed E-state index contributed by atoms with van der Waals surface area (Å²) in [4.78, 5) is 13.4. The minimum absolute atomic E-state index is 0.0924. The second-order valence-corrected chi connectivity index (χ2v) is 5.02. The number of benzene rings is 1. The molecule has 1 atom stereocenters. The Morgan fingerprint density at radius 1 is 1.38 bits per heavy atom. The number of nitrogens with two attached hydrogens (primary N) is 1. The van der Waals surface area contributed by atoms with E-state index in [4.69, 9.17) is 15.2 Å². The smallest absolute Gasteiger partial charge is 0.337 e. The first kappa shape index (κ1) is 17.3. The first-order valence-electron chi connectivity index (χ1n) is 6.80. The fourth-order valence-electron chi connectivity index (χ4n) is 2.25. The van der Waals surface area contributed by atoms with Crippen LogP contribution in [0.5, 0.6) is 0 Å². The van der Waals surface area contributed by atoms with Gasteiger partial charge in [-0.2, -0.15) is 0 Å². The Morgan fingerprint density at radius 2 is 2.05 bits per heavy atom. The van der Waals surface area contributed by atoms with Gasteiger partial charge < -0.3 is 25.2 Å². The van der Waals surface area contributed by atoms with Crippen LogP contribution in [-0.4, -0.2) is 51.1 Å². The normalized spacial score (nSPS) is 12.2. The van der Waals surface area contributed by atoms with E-state index in [2.05, 4.69) is 4.90 Å². The number of anilines is 2. The minimum atomic E-state index is -1.02. The van der Waals surface area contributed by atoms with Crippen LogP contribution in [0.2, 0.25) is 0 Å². The summed E-state index contributed by atoms with van der Waals surface area (Å²) in [5, 5.41) is 9.27. The molecule has 3 N–H and O–H groups in total. The Balaban J connectivity index is 3.20. The van der Waals surface area contributed by atoms with Crippen LogP contribution in [0.1, 0.15) is 22.8 Å². The summed E-state index contributed by atoms with van der Waals surface area (Å²) in [7, 11) is 3.28. The molecule has 0 amide bonds. The maximum atomic E-state index is 11.3. The molecule has 0 aliphatic heterocycles. The maximum Gasteiger partial charge on any atom is 0.337 e. The number of carboxylic acid groups (broad SMARTS) is 1. The van der Waals surface area contributed by atoms with Crippen LogP contribution in [0.4, 0.5) is 11.4 Å². The molecule has 118 valence electrons. The first-order valence-corrected chi connectivity index (χ1v) is 6.80. The molecule has 0 bridgehead atoms. The van der Waals surface area contributed by atoms with Gasteiger partial charge in [-0.1, -0.05) is 0 Å². The molecule has 0 radical (unpaired) electrons. The van der Waals surface area contributed by atoms with Crippen LogP contribution in [0.25, 0.3) is 0 Å². The Morgan fingerprint density at radius 3 is 2.57 bits per heavy atom. The highest BCUT2D eigenvalue weighted by Gasteiger charge is 2.19. The molecule has 0 saturated heterocycles. The molecule has 1 rings (SSSR count). The van der Waals surface area contributed by atoms with E-state index < -0.39 is 5.97 Å². The number of ether oxygens (including phenoxy) is 2. The van der Waals surface area contributed by atoms with Crippen molar-refractivity contribution < 1.29 is 19.4 Å². The van der Waals surface area contributed by atoms with Crippen molar-refractivity contribution in [3.8, 4) is 0 Å². The van der Waals surface area contributed by atoms with Crippen molar-refractivity contribution >= 4 is 17.3 Å². The van der Waals surface area contributed by atoms with Gasteiger partial charge in [-0.3, -0.25) is 0 Å². The summed E-state index contributed by atoms with van der Waals surface area (Å²) in [5.41, 5.74) is 7.82. The van der Waals surface area contributed by atoms with E-state index in [1.165, 1.54) is 0 Å². The molecule has 6 heteroatoms. The zero-order valence-electron chi connectivity index (χ0n) is 13.0. The Kier molecular flexibility index (Phi) is 6.45. The van der Waals surface area contributed by atoms with E-state index in [0.717, 1.165) is 11.3 Å². The van der Waals surface area contributed by atoms with Gasteiger partial charge in [0.2, 0.25) is 0 Å². The lowest BCUT2D eigenvalue weighted by Gasteiger charge is -2.31. The third-order valence-electron chi connectivity index (χ3n) is 3.41. The minimum Gasteiger partial charge on any atom is -0.478 e. The predicted molar refractivity (Wildman–Crippen MR) is 83.1 cm³/mol. The van der Waals surface area contributed by atoms with Crippen molar-refractivity contribution in [2.24, 2.45) is 0 Å². The number of nitrogens with zero attached hydrogens (tertiary/aromatic N) is 1. The molecule has 0 fully saturated rings. The molecule has 1 aromatic rings. The van der Waals surface area contributed by atoms with Gasteiger partial charge in [-0.25, -0.2) is 4.79 Å². The molecule has 0 saturated carbocycles. The molecular formula is C15H24N2O4. The average Bonchev–Trinajstić information content (AvgIpc) is 2.42. The highest BCUT2D eigenvalue weighted by atomic mass is 16.5. The number of methoxy groups -OCH3 is 2. The van der Waals surface area contributed by atoms with Crippen molar-refractivity contribution in [2.75, 3.05) is 44.6 Å². The standard InChI is InChI=1S/C15H24N2O4/c1-10-7-12(8-13(14(10)16)15(18)19)17(5-6-20-3)11(2)9-21-4/h7-8,11H,5-6,9,16H2,1-4H3,(H,18,19). The van der Waals surface area contributed by atoms with E-state index in [1.807, 2.05) is 13.0 Å². The zero-order valence-corrected chi connectivity index (χ0v) is 13.0. The van der Waals surface area contributed by atoms with Gasteiger partial charge in [0.1, 0.15) is 0 Å². The van der Waals surface area contributed by atoms with Gasteiger partial charge >= 0.3 is 5.97 Å². The number of hydrogen-bond donors (Lipinski definition) is 2. The van der Waals surface area contributed by atoms with E-state index in [9.17, 15) is 9.90 Å². The van der Waals surface area contributed by atoms with Crippen LogP contribution in [0.15, 0.2) is 12.1 Å². The third kappa shape index (κ3) is 4.34. The second-order valence-electron chi connectivity index (χ2n) is 5.02. The Hall–Kier alpha value is -1.79. The van der Waals surface area contributed by atoms with Gasteiger partial charge in [-0.15, -0.1) is 0 Å². The van der Waals surface area contributed by atoms with E-state index in [-0.39, 0.29) is 11.6 Å². The van der Waals surface area contributed by atoms with Crippen molar-refractivity contribution in [3.63, 3.8) is 0 Å². The summed E-state index contributed by atoms with van der Waals surface area (Å²) in [6, 6.07) is 3.59. The molecule has 1 unspecified atom stereocenters. The summed E-state index contributed by atoms with van der Waals surface area (Å²) < 4.78 is 10.3. The molecule has 21 heavy (non-hydrogen) atoms. The van der Waals surface area contributed by atoms with Crippen molar-refractivity contribution in [1.29, 1.82) is 0 Å². The van der Waals surface area contributed by atoms with E-state index in [1.54, 1.807) is 27.2 Å². The van der Waals surface area contributed by atoms with Gasteiger partial charge in [-0.05, 0) is 31.5 Å². The van der Waals surface area contributed by atoms with Crippen molar-refractivity contribution in [1.82, 2.24) is 0 Å². The van der Waals surface area contributed by atoms with Crippen LogP contribution < -0.4 is 10.6 Å². The summed E-state index contributed by atoms with van der Waals surface area (Å²) in [6.07, 6.45) is 0. The molecule has 0 aliphatic carbocycles. The fourth-order valence-corrected chi connectivity index (χ4v) is 2.25. The van der Waals surface area contributed by atoms with Gasteiger partial charge in [0.25, 0.3) is 0 Å². The summed E-state index contributed by atoms with van der Waals surface area (Å²) in [6.45, 7) is 5.55. The van der Waals surface area contributed by atoms with Crippen molar-refractivity contribution in [3.05, 3.63) is 23.3 Å². The molecule has 0 heterocycles. The molecule has 0 aromatic heterocycles. The number of aromatic carboxylic acids is 1. The molecule has 6 nitrogen and oxygen atoms in total. The predicted octanol–water partition coefficient (Wildman–Crippen LogP) is 1.76. The molecule has 0 spiro atoms. The van der Waals surface area contributed by atoms with Gasteiger partial charge in [0, 0.05) is 38.2 Å². The second kappa shape index (κ2) is 7.85. The van der Waals surface area contributed by atoms with Gasteiger partial charge in [0.05, 0.1) is 18.8 Å². The SMILES string of the molecule is COCCN(c1cc(C)c(N)c(C(=O)O)c1)C(C)COC. The molecular weight excluding hydrogens is 272 g/mol. The quantitative estimate of drug-likeness (QED) is 0.711. The van der Waals surface area contributed by atoms with Crippen LogP contribution >= 0.6 is 0 Å². The number of rotatable bonds is 8. The first-order chi connectivity index (χ1) is 9.92. The third-order valence-corrected chi connectivity index (χ3v) is 3.41. The number of nitrogen functional groups attached to an aromatic ring is 1. The lowest BCUT2D eigenvalue weighted by atomic mass is 10.1. The van der Waals surface area contributed by atoms with Crippen LogP contribution in [0.3, 0.4) is 0 Å². The topological polar surface area (TPSA) is 85.0 Å². The lowest BCUT2D eigenvalue weighted by molar-refractivity contribution is 0.0698. The number of carboxylic acids is 1.